The Morgan fingerprint density at radius 3 is 2.21 bits per heavy atom. The Hall–Kier alpha value is -3.00. The molecule has 0 saturated carbocycles. The Balaban J connectivity index is 1.98. The van der Waals surface area contributed by atoms with Gasteiger partial charge in [0.25, 0.3) is 0 Å². The highest BCUT2D eigenvalue weighted by Gasteiger charge is 2.44. The van der Waals surface area contributed by atoms with E-state index in [0.717, 1.165) is 0 Å². The number of halogens is 2. The van der Waals surface area contributed by atoms with E-state index in [9.17, 15) is 22.7 Å². The van der Waals surface area contributed by atoms with Gasteiger partial charge in [0.05, 0.1) is 22.6 Å². The number of sulfonamides is 1. The van der Waals surface area contributed by atoms with Crippen LogP contribution in [0.15, 0.2) is 89.3 Å². The zero-order chi connectivity index (χ0) is 23.8. The first-order valence-electron chi connectivity index (χ1n) is 10.2. The third kappa shape index (κ3) is 4.44. The molecule has 0 fully saturated rings. The van der Waals surface area contributed by atoms with Crippen LogP contribution in [-0.4, -0.2) is 23.8 Å². The minimum atomic E-state index is -4.17. The maximum absolute atomic E-state index is 14.1. The van der Waals surface area contributed by atoms with Crippen molar-refractivity contribution in [3.63, 3.8) is 0 Å². The van der Waals surface area contributed by atoms with E-state index in [1.807, 2.05) is 0 Å². The van der Waals surface area contributed by atoms with E-state index in [4.69, 9.17) is 11.6 Å². The fraction of sp³-hybridized carbons (Fsp3) is 0.160. The molecule has 1 aliphatic rings. The minimum Gasteiger partial charge on any atom is -0.478 e. The first kappa shape index (κ1) is 23.2. The van der Waals surface area contributed by atoms with Gasteiger partial charge in [0.15, 0.2) is 0 Å². The lowest BCUT2D eigenvalue weighted by molar-refractivity contribution is -0.133. The minimum absolute atomic E-state index is 0.0796. The third-order valence-electron chi connectivity index (χ3n) is 5.75. The summed E-state index contributed by atoms with van der Waals surface area (Å²) in [6.07, 6.45) is 1.70. The number of carboxylic acids is 1. The largest absolute Gasteiger partial charge is 0.478 e. The summed E-state index contributed by atoms with van der Waals surface area (Å²) in [5, 5.41) is 10.4. The fourth-order valence-corrected chi connectivity index (χ4v) is 6.31. The van der Waals surface area contributed by atoms with E-state index in [2.05, 4.69) is 0 Å². The molecule has 4 rings (SSSR count). The summed E-state index contributed by atoms with van der Waals surface area (Å²) in [5.74, 6) is -1.73. The van der Waals surface area contributed by atoms with Crippen molar-refractivity contribution in [3.05, 3.63) is 112 Å². The average molecular weight is 486 g/mol. The Morgan fingerprint density at radius 2 is 1.61 bits per heavy atom. The SMILES string of the molecule is Cc1ccccc1S(=O)(=O)N1[C@@H](c2ccc(F)cc2)C(C(=O)O)=CC[C@H]1c1ccc(Cl)cc1. The third-order valence-corrected chi connectivity index (χ3v) is 8.04. The molecule has 0 saturated heterocycles. The molecule has 1 aliphatic heterocycles. The number of rotatable bonds is 5. The van der Waals surface area contributed by atoms with Crippen molar-refractivity contribution in [2.45, 2.75) is 30.3 Å². The number of aryl methyl sites for hydroxylation is 1. The van der Waals surface area contributed by atoms with Gasteiger partial charge in [-0.25, -0.2) is 17.6 Å². The van der Waals surface area contributed by atoms with Crippen molar-refractivity contribution in [2.75, 3.05) is 0 Å². The van der Waals surface area contributed by atoms with Crippen LogP contribution in [0.25, 0.3) is 0 Å². The molecule has 1 heterocycles. The first-order chi connectivity index (χ1) is 15.7. The fourth-order valence-electron chi connectivity index (χ4n) is 4.18. The molecule has 1 N–H and O–H groups in total. The molecule has 0 spiro atoms. The van der Waals surface area contributed by atoms with Gasteiger partial charge >= 0.3 is 5.97 Å². The standard InChI is InChI=1S/C25H21ClFNO4S/c1-16-4-2-3-5-23(16)33(31,32)28-22(17-6-10-19(26)11-7-17)15-14-21(25(29)30)24(28)18-8-12-20(27)13-9-18/h2-14,22,24H,15H2,1H3,(H,29,30)/t22-,24-/m0/s1. The summed E-state index contributed by atoms with van der Waals surface area (Å²) >= 11 is 6.04. The molecule has 3 aromatic rings. The molecule has 2 atom stereocenters. The van der Waals surface area contributed by atoms with Crippen molar-refractivity contribution in [1.29, 1.82) is 0 Å². The topological polar surface area (TPSA) is 74.7 Å². The van der Waals surface area contributed by atoms with Crippen LogP contribution >= 0.6 is 11.6 Å². The Kier molecular flexibility index (Phi) is 6.38. The second-order valence-corrected chi connectivity index (χ2v) is 10.1. The molecular formula is C25H21ClFNO4S. The van der Waals surface area contributed by atoms with Crippen LogP contribution in [-0.2, 0) is 14.8 Å². The van der Waals surface area contributed by atoms with Gasteiger partial charge in [-0.1, -0.05) is 60.1 Å². The Morgan fingerprint density at radius 1 is 1.00 bits per heavy atom. The summed E-state index contributed by atoms with van der Waals surface area (Å²) < 4.78 is 43.1. The Bertz CT molecular complexity index is 1320. The van der Waals surface area contributed by atoms with E-state index in [-0.39, 0.29) is 16.9 Å². The van der Waals surface area contributed by atoms with Crippen molar-refractivity contribution >= 4 is 27.6 Å². The molecule has 0 amide bonds. The number of carbonyl (C=O) groups is 1. The number of carboxylic acid groups (broad SMARTS) is 1. The van der Waals surface area contributed by atoms with Gasteiger partial charge in [-0.15, -0.1) is 0 Å². The van der Waals surface area contributed by atoms with Gasteiger partial charge in [-0.2, -0.15) is 4.31 Å². The van der Waals surface area contributed by atoms with Gasteiger partial charge in [-0.3, -0.25) is 0 Å². The zero-order valence-corrected chi connectivity index (χ0v) is 19.2. The number of aliphatic carboxylic acids is 1. The van der Waals surface area contributed by atoms with Gasteiger partial charge in [0.1, 0.15) is 5.82 Å². The molecule has 170 valence electrons. The maximum Gasteiger partial charge on any atom is 0.333 e. The summed E-state index contributed by atoms with van der Waals surface area (Å²) in [6, 6.07) is 16.7. The molecule has 0 unspecified atom stereocenters. The second-order valence-electron chi connectivity index (χ2n) is 7.82. The van der Waals surface area contributed by atoms with Gasteiger partial charge < -0.3 is 5.11 Å². The van der Waals surface area contributed by atoms with E-state index >= 15 is 0 Å². The highest BCUT2D eigenvalue weighted by Crippen LogP contribution is 2.46. The van der Waals surface area contributed by atoms with E-state index in [0.29, 0.717) is 21.7 Å². The lowest BCUT2D eigenvalue weighted by atomic mass is 9.89. The summed E-state index contributed by atoms with van der Waals surface area (Å²) in [6.45, 7) is 1.69. The monoisotopic (exact) mass is 485 g/mol. The number of benzene rings is 3. The first-order valence-corrected chi connectivity index (χ1v) is 12.1. The maximum atomic E-state index is 14.1. The van der Waals surface area contributed by atoms with Crippen LogP contribution in [0.2, 0.25) is 5.02 Å². The highest BCUT2D eigenvalue weighted by atomic mass is 35.5. The van der Waals surface area contributed by atoms with Crippen LogP contribution in [0.4, 0.5) is 4.39 Å². The number of hydrogen-bond acceptors (Lipinski definition) is 3. The van der Waals surface area contributed by atoms with Gasteiger partial charge in [-0.05, 0) is 60.4 Å². The predicted octanol–water partition coefficient (Wildman–Crippen LogP) is 5.68. The number of nitrogens with zero attached hydrogens (tertiary/aromatic N) is 1. The summed E-state index contributed by atoms with van der Waals surface area (Å²) in [5.41, 5.74) is 1.49. The summed E-state index contributed by atoms with van der Waals surface area (Å²) in [7, 11) is -4.17. The smallest absolute Gasteiger partial charge is 0.333 e. The molecule has 0 aliphatic carbocycles. The average Bonchev–Trinajstić information content (AvgIpc) is 2.79. The molecule has 5 nitrogen and oxygen atoms in total. The molecule has 0 bridgehead atoms. The molecule has 33 heavy (non-hydrogen) atoms. The lowest BCUT2D eigenvalue weighted by Crippen LogP contribution is -2.42. The van der Waals surface area contributed by atoms with E-state index in [1.165, 1.54) is 34.6 Å². The van der Waals surface area contributed by atoms with Crippen LogP contribution < -0.4 is 0 Å². The van der Waals surface area contributed by atoms with Gasteiger partial charge in [0.2, 0.25) is 10.0 Å². The quantitative estimate of drug-likeness (QED) is 0.505. The van der Waals surface area contributed by atoms with Crippen molar-refractivity contribution < 1.29 is 22.7 Å². The predicted molar refractivity (Wildman–Crippen MR) is 124 cm³/mol. The van der Waals surface area contributed by atoms with Crippen molar-refractivity contribution in [3.8, 4) is 0 Å². The van der Waals surface area contributed by atoms with Gasteiger partial charge in [0, 0.05) is 5.02 Å². The lowest BCUT2D eigenvalue weighted by Gasteiger charge is -2.41. The van der Waals surface area contributed by atoms with Crippen LogP contribution in [0, 0.1) is 12.7 Å². The molecular weight excluding hydrogens is 465 g/mol. The highest BCUT2D eigenvalue weighted by molar-refractivity contribution is 7.89. The molecule has 8 heteroatoms. The summed E-state index contributed by atoms with van der Waals surface area (Å²) in [4.78, 5) is 12.3. The molecule has 0 aromatic heterocycles. The van der Waals surface area contributed by atoms with Crippen molar-refractivity contribution in [1.82, 2.24) is 4.31 Å². The van der Waals surface area contributed by atoms with Crippen LogP contribution in [0.3, 0.4) is 0 Å². The molecule has 0 radical (unpaired) electrons. The van der Waals surface area contributed by atoms with E-state index < -0.39 is 33.9 Å². The second kappa shape index (κ2) is 9.09. The van der Waals surface area contributed by atoms with E-state index in [1.54, 1.807) is 55.5 Å². The van der Waals surface area contributed by atoms with Crippen LogP contribution in [0.5, 0.6) is 0 Å². The Labute approximate surface area is 196 Å². The normalized spacial score (nSPS) is 19.2. The molecule has 3 aromatic carbocycles. The van der Waals surface area contributed by atoms with Crippen LogP contribution in [0.1, 0.15) is 35.2 Å². The number of hydrogen-bond donors (Lipinski definition) is 1. The van der Waals surface area contributed by atoms with Crippen molar-refractivity contribution in [2.24, 2.45) is 0 Å². The zero-order valence-electron chi connectivity index (χ0n) is 17.7.